The van der Waals surface area contributed by atoms with Crippen LogP contribution in [0.15, 0.2) is 42.5 Å². The molecule has 1 heterocycles. The molecule has 2 aromatic rings. The van der Waals surface area contributed by atoms with Crippen molar-refractivity contribution in [2.75, 3.05) is 0 Å². The van der Waals surface area contributed by atoms with Gasteiger partial charge in [-0.05, 0) is 12.1 Å². The molecule has 1 aliphatic rings. The minimum absolute atomic E-state index is 0.172. The standard InChI is InChI=1S/C15H8F3N3O7/c16-14(17,18)15(19-13(22)8-4-2-1-3-5-8)27-11-7-9(20(23)24)6-10(21(25)26)12(11)28-15/h1-7H,(H,19,22)/t15-/m1/s1. The van der Waals surface area contributed by atoms with E-state index in [1.807, 2.05) is 0 Å². The number of non-ortho nitro benzene ring substituents is 1. The van der Waals surface area contributed by atoms with Crippen LogP contribution >= 0.6 is 0 Å². The first-order chi connectivity index (χ1) is 13.0. The molecule has 0 aliphatic carbocycles. The first kappa shape index (κ1) is 18.9. The maximum Gasteiger partial charge on any atom is 0.492 e. The Morgan fingerprint density at radius 2 is 1.68 bits per heavy atom. The van der Waals surface area contributed by atoms with E-state index in [1.54, 1.807) is 0 Å². The van der Waals surface area contributed by atoms with E-state index in [4.69, 9.17) is 0 Å². The van der Waals surface area contributed by atoms with E-state index >= 15 is 0 Å². The fourth-order valence-electron chi connectivity index (χ4n) is 2.36. The number of benzene rings is 2. The van der Waals surface area contributed by atoms with Gasteiger partial charge in [-0.2, -0.15) is 13.2 Å². The number of alkyl halides is 3. The number of nitro groups is 2. The fraction of sp³-hybridized carbons (Fsp3) is 0.133. The first-order valence-corrected chi connectivity index (χ1v) is 7.33. The van der Waals surface area contributed by atoms with Crippen LogP contribution in [0.1, 0.15) is 10.4 Å². The highest BCUT2D eigenvalue weighted by Crippen LogP contribution is 2.51. The van der Waals surface area contributed by atoms with Crippen LogP contribution in [0.3, 0.4) is 0 Å². The van der Waals surface area contributed by atoms with Gasteiger partial charge in [0.15, 0.2) is 5.75 Å². The summed E-state index contributed by atoms with van der Waals surface area (Å²) >= 11 is 0. The summed E-state index contributed by atoms with van der Waals surface area (Å²) in [7, 11) is 0. The molecule has 1 N–H and O–H groups in total. The number of ether oxygens (including phenoxy) is 2. The number of nitrogens with zero attached hydrogens (tertiary/aromatic N) is 2. The van der Waals surface area contributed by atoms with E-state index in [0.29, 0.717) is 12.1 Å². The summed E-state index contributed by atoms with van der Waals surface area (Å²) in [5, 5.41) is 23.5. The molecule has 10 nitrogen and oxygen atoms in total. The number of fused-ring (bicyclic) bond motifs is 1. The van der Waals surface area contributed by atoms with E-state index in [2.05, 4.69) is 9.47 Å². The molecule has 0 spiro atoms. The molecular weight excluding hydrogens is 391 g/mol. The van der Waals surface area contributed by atoms with Gasteiger partial charge in [0, 0.05) is 5.56 Å². The summed E-state index contributed by atoms with van der Waals surface area (Å²) in [5.41, 5.74) is -2.18. The van der Waals surface area contributed by atoms with Crippen LogP contribution in [0.25, 0.3) is 0 Å². The Morgan fingerprint density at radius 1 is 1.04 bits per heavy atom. The molecule has 0 aromatic heterocycles. The lowest BCUT2D eigenvalue weighted by Crippen LogP contribution is -2.64. The van der Waals surface area contributed by atoms with E-state index in [-0.39, 0.29) is 5.56 Å². The number of hydrogen-bond acceptors (Lipinski definition) is 7. The number of carbonyl (C=O) groups is 1. The van der Waals surface area contributed by atoms with E-state index in [1.165, 1.54) is 35.6 Å². The predicted molar refractivity (Wildman–Crippen MR) is 83.7 cm³/mol. The summed E-state index contributed by atoms with van der Waals surface area (Å²) in [6, 6.07) is 7.71. The summed E-state index contributed by atoms with van der Waals surface area (Å²) < 4.78 is 50.3. The number of rotatable bonds is 4. The molecule has 0 saturated carbocycles. The van der Waals surface area contributed by atoms with Crippen LogP contribution in [-0.4, -0.2) is 27.8 Å². The van der Waals surface area contributed by atoms with Crippen molar-refractivity contribution in [2.24, 2.45) is 0 Å². The molecule has 0 saturated heterocycles. The zero-order valence-corrected chi connectivity index (χ0v) is 13.4. The lowest BCUT2D eigenvalue weighted by atomic mass is 10.2. The van der Waals surface area contributed by atoms with Gasteiger partial charge in [-0.15, -0.1) is 0 Å². The number of hydrogen-bond donors (Lipinski definition) is 1. The van der Waals surface area contributed by atoms with Crippen LogP contribution < -0.4 is 14.8 Å². The molecular formula is C15H8F3N3O7. The van der Waals surface area contributed by atoms with Crippen molar-refractivity contribution < 1.29 is 37.3 Å². The molecule has 0 radical (unpaired) electrons. The SMILES string of the molecule is O=C(N[C@]1(C(F)(F)F)Oc2cc([N+](=O)[O-])cc([N+](=O)[O-])c2O1)c1ccccc1. The Labute approximate surface area is 152 Å². The molecule has 28 heavy (non-hydrogen) atoms. The fourth-order valence-corrected chi connectivity index (χ4v) is 2.36. The third kappa shape index (κ3) is 3.13. The third-order valence-electron chi connectivity index (χ3n) is 3.61. The van der Waals surface area contributed by atoms with Crippen molar-refractivity contribution in [1.29, 1.82) is 0 Å². The largest absolute Gasteiger partial charge is 0.492 e. The van der Waals surface area contributed by atoms with Gasteiger partial charge in [0.25, 0.3) is 11.6 Å². The van der Waals surface area contributed by atoms with Crippen molar-refractivity contribution in [3.63, 3.8) is 0 Å². The predicted octanol–water partition coefficient (Wildman–Crippen LogP) is 2.92. The molecule has 3 rings (SSSR count). The second-order valence-corrected chi connectivity index (χ2v) is 5.44. The van der Waals surface area contributed by atoms with E-state index < -0.39 is 50.7 Å². The minimum atomic E-state index is -5.39. The second kappa shape index (κ2) is 6.37. The van der Waals surface area contributed by atoms with Crippen LogP contribution in [0.2, 0.25) is 0 Å². The van der Waals surface area contributed by atoms with Gasteiger partial charge >= 0.3 is 17.8 Å². The monoisotopic (exact) mass is 399 g/mol. The van der Waals surface area contributed by atoms with Crippen molar-refractivity contribution in [1.82, 2.24) is 5.32 Å². The van der Waals surface area contributed by atoms with Crippen molar-refractivity contribution in [2.45, 2.75) is 12.1 Å². The molecule has 146 valence electrons. The zero-order valence-electron chi connectivity index (χ0n) is 13.4. The molecule has 1 amide bonds. The highest BCUT2D eigenvalue weighted by Gasteiger charge is 2.67. The third-order valence-corrected chi connectivity index (χ3v) is 3.61. The van der Waals surface area contributed by atoms with E-state index in [0.717, 1.165) is 0 Å². The molecule has 0 unspecified atom stereocenters. The maximum atomic E-state index is 13.7. The van der Waals surface area contributed by atoms with Crippen LogP contribution in [0.5, 0.6) is 11.5 Å². The van der Waals surface area contributed by atoms with E-state index in [9.17, 15) is 38.2 Å². The van der Waals surface area contributed by atoms with Gasteiger partial charge in [-0.1, -0.05) is 18.2 Å². The van der Waals surface area contributed by atoms with Crippen LogP contribution in [0.4, 0.5) is 24.5 Å². The van der Waals surface area contributed by atoms with Gasteiger partial charge in [-0.3, -0.25) is 30.3 Å². The average molecular weight is 399 g/mol. The van der Waals surface area contributed by atoms with Crippen molar-refractivity contribution in [3.05, 3.63) is 68.3 Å². The highest BCUT2D eigenvalue weighted by atomic mass is 19.4. The molecule has 1 aliphatic heterocycles. The highest BCUT2D eigenvalue weighted by molar-refractivity contribution is 5.94. The van der Waals surface area contributed by atoms with Gasteiger partial charge in [0.2, 0.25) is 5.75 Å². The number of carbonyl (C=O) groups excluding carboxylic acids is 1. The van der Waals surface area contributed by atoms with Gasteiger partial charge in [0.1, 0.15) is 0 Å². The number of amides is 1. The summed E-state index contributed by atoms with van der Waals surface area (Å²) in [5.74, 6) is -6.96. The number of halogens is 3. The maximum absolute atomic E-state index is 13.7. The minimum Gasteiger partial charge on any atom is -0.424 e. The Kier molecular flexibility index (Phi) is 4.29. The Bertz CT molecular complexity index is 981. The number of nitrogens with one attached hydrogen (secondary N) is 1. The quantitative estimate of drug-likeness (QED) is 0.617. The summed E-state index contributed by atoms with van der Waals surface area (Å²) in [6.45, 7) is 0. The van der Waals surface area contributed by atoms with Gasteiger partial charge in [0.05, 0.1) is 22.0 Å². The van der Waals surface area contributed by atoms with Crippen molar-refractivity contribution >= 4 is 17.3 Å². The molecule has 0 bridgehead atoms. The normalized spacial score (nSPS) is 17.8. The van der Waals surface area contributed by atoms with Gasteiger partial charge in [-0.25, -0.2) is 0 Å². The Morgan fingerprint density at radius 3 is 2.21 bits per heavy atom. The van der Waals surface area contributed by atoms with Crippen LogP contribution in [0, 0.1) is 20.2 Å². The second-order valence-electron chi connectivity index (χ2n) is 5.44. The van der Waals surface area contributed by atoms with Crippen LogP contribution in [-0.2, 0) is 0 Å². The Hall–Kier alpha value is -3.90. The lowest BCUT2D eigenvalue weighted by molar-refractivity contribution is -0.395. The average Bonchev–Trinajstić information content (AvgIpc) is 3.00. The molecule has 1 atom stereocenters. The topological polar surface area (TPSA) is 134 Å². The summed E-state index contributed by atoms with van der Waals surface area (Å²) in [4.78, 5) is 32.0. The molecule has 2 aromatic carbocycles. The zero-order chi connectivity index (χ0) is 20.7. The number of nitro benzene ring substituents is 2. The van der Waals surface area contributed by atoms with Crippen molar-refractivity contribution in [3.8, 4) is 11.5 Å². The van der Waals surface area contributed by atoms with Gasteiger partial charge < -0.3 is 9.47 Å². The smallest absolute Gasteiger partial charge is 0.424 e. The lowest BCUT2D eigenvalue weighted by Gasteiger charge is -2.29. The molecule has 0 fully saturated rings. The Balaban J connectivity index is 2.06. The molecule has 13 heteroatoms. The summed E-state index contributed by atoms with van der Waals surface area (Å²) in [6.07, 6.45) is -5.39. The first-order valence-electron chi connectivity index (χ1n) is 7.33.